The van der Waals surface area contributed by atoms with E-state index in [0.717, 1.165) is 17.7 Å². The highest BCUT2D eigenvalue weighted by Crippen LogP contribution is 2.31. The summed E-state index contributed by atoms with van der Waals surface area (Å²) in [6.45, 7) is 8.70. The van der Waals surface area contributed by atoms with Crippen LogP contribution in [0.2, 0.25) is 0 Å². The number of rotatable bonds is 3. The van der Waals surface area contributed by atoms with Crippen LogP contribution in [0, 0.1) is 0 Å². The van der Waals surface area contributed by atoms with Gasteiger partial charge in [-0.2, -0.15) is 13.2 Å². The van der Waals surface area contributed by atoms with E-state index < -0.39 is 17.3 Å². The van der Waals surface area contributed by atoms with Gasteiger partial charge in [0.15, 0.2) is 0 Å². The Balaban J connectivity index is 1.84. The van der Waals surface area contributed by atoms with E-state index in [1.165, 1.54) is 12.1 Å². The Hall–Kier alpha value is -1.28. The maximum absolute atomic E-state index is 12.6. The molecule has 0 aromatic heterocycles. The summed E-state index contributed by atoms with van der Waals surface area (Å²) >= 11 is 3.55. The summed E-state index contributed by atoms with van der Waals surface area (Å²) in [5.41, 5.74) is -0.364. The van der Waals surface area contributed by atoms with E-state index in [9.17, 15) is 18.0 Å². The maximum Gasteiger partial charge on any atom is 0.416 e. The Kier molecular flexibility index (Phi) is 6.60. The third-order valence-corrected chi connectivity index (χ3v) is 4.86. The minimum absolute atomic E-state index is 0.0714. The van der Waals surface area contributed by atoms with Crippen molar-refractivity contribution < 1.29 is 22.7 Å². The summed E-state index contributed by atoms with van der Waals surface area (Å²) in [6.07, 6.45) is -4.63. The number of carbonyl (C=O) groups excluding carboxylic acids is 1. The van der Waals surface area contributed by atoms with Gasteiger partial charge in [0.25, 0.3) is 0 Å². The lowest BCUT2D eigenvalue weighted by Crippen LogP contribution is -2.50. The second-order valence-corrected chi connectivity index (χ2v) is 8.46. The molecule has 1 aliphatic heterocycles. The molecule has 1 aliphatic rings. The molecule has 0 N–H and O–H groups in total. The number of carbonyl (C=O) groups is 1. The van der Waals surface area contributed by atoms with Gasteiger partial charge in [0.1, 0.15) is 5.60 Å². The summed E-state index contributed by atoms with van der Waals surface area (Å²) in [7, 11) is 0. The predicted molar refractivity (Wildman–Crippen MR) is 97.4 cm³/mol. The lowest BCUT2D eigenvalue weighted by molar-refractivity contribution is -0.137. The van der Waals surface area contributed by atoms with Crippen LogP contribution >= 0.6 is 15.9 Å². The molecule has 0 aliphatic carbocycles. The second-order valence-electron chi connectivity index (χ2n) is 7.36. The van der Waals surface area contributed by atoms with Crippen LogP contribution in [0.4, 0.5) is 18.0 Å². The van der Waals surface area contributed by atoms with Crippen molar-refractivity contribution in [3.8, 4) is 0 Å². The molecule has 8 heteroatoms. The fourth-order valence-corrected chi connectivity index (χ4v) is 3.37. The molecular weight excluding hydrogens is 413 g/mol. The van der Waals surface area contributed by atoms with Crippen molar-refractivity contribution in [1.82, 2.24) is 9.80 Å². The van der Waals surface area contributed by atoms with Crippen LogP contribution in [0.15, 0.2) is 24.3 Å². The quantitative estimate of drug-likeness (QED) is 0.644. The number of amides is 1. The third kappa shape index (κ3) is 6.16. The highest BCUT2D eigenvalue weighted by atomic mass is 79.9. The summed E-state index contributed by atoms with van der Waals surface area (Å²) in [4.78, 5) is 15.9. The van der Waals surface area contributed by atoms with Gasteiger partial charge < -0.3 is 9.64 Å². The van der Waals surface area contributed by atoms with Crippen molar-refractivity contribution in [1.29, 1.82) is 0 Å². The lowest BCUT2D eigenvalue weighted by Gasteiger charge is -2.36. The van der Waals surface area contributed by atoms with E-state index >= 15 is 0 Å². The van der Waals surface area contributed by atoms with Crippen LogP contribution < -0.4 is 0 Å². The zero-order chi connectivity index (χ0) is 19.5. The summed E-state index contributed by atoms with van der Waals surface area (Å²) in [5.74, 6) is 0. The molecule has 0 radical (unpaired) electrons. The molecule has 0 spiro atoms. The fraction of sp³-hybridized carbons (Fsp3) is 0.611. The molecule has 1 fully saturated rings. The second kappa shape index (κ2) is 8.17. The van der Waals surface area contributed by atoms with Crippen molar-refractivity contribution in [3.63, 3.8) is 0 Å². The summed E-state index contributed by atoms with van der Waals surface area (Å²) in [6, 6.07) is 5.20. The van der Waals surface area contributed by atoms with Crippen LogP contribution in [0.25, 0.3) is 0 Å². The lowest BCUT2D eigenvalue weighted by atomic mass is 10.1. The summed E-state index contributed by atoms with van der Waals surface area (Å²) in [5, 5.41) is 0. The normalized spacial score (nSPS) is 17.9. The van der Waals surface area contributed by atoms with Gasteiger partial charge in [-0.05, 0) is 38.5 Å². The molecule has 1 atom stereocenters. The van der Waals surface area contributed by atoms with E-state index in [4.69, 9.17) is 4.74 Å². The summed E-state index contributed by atoms with van der Waals surface area (Å²) < 4.78 is 43.3. The monoisotopic (exact) mass is 436 g/mol. The molecule has 0 saturated carbocycles. The molecule has 0 bridgehead atoms. The van der Waals surface area contributed by atoms with Crippen molar-refractivity contribution >= 4 is 22.0 Å². The first kappa shape index (κ1) is 21.0. The van der Waals surface area contributed by atoms with E-state index in [1.54, 1.807) is 4.90 Å². The highest BCUT2D eigenvalue weighted by molar-refractivity contribution is 9.09. The number of halogens is 4. The first-order valence-corrected chi connectivity index (χ1v) is 9.39. The van der Waals surface area contributed by atoms with Crippen molar-refractivity contribution in [2.75, 3.05) is 32.7 Å². The van der Waals surface area contributed by atoms with E-state index in [1.807, 2.05) is 20.8 Å². The minimum Gasteiger partial charge on any atom is -0.444 e. The molecule has 1 amide bonds. The Labute approximate surface area is 160 Å². The van der Waals surface area contributed by atoms with E-state index in [-0.39, 0.29) is 10.9 Å². The SMILES string of the molecule is CC(C)(C)OC(=O)N1CCN(CC(Br)c2ccc(C(F)(F)F)cc2)CC1. The number of nitrogens with zero attached hydrogens (tertiary/aromatic N) is 2. The van der Waals surface area contributed by atoms with Gasteiger partial charge >= 0.3 is 12.3 Å². The number of alkyl halides is 4. The van der Waals surface area contributed by atoms with Gasteiger partial charge in [0, 0.05) is 32.7 Å². The predicted octanol–water partition coefficient (Wildman–Crippen LogP) is 4.69. The van der Waals surface area contributed by atoms with Crippen molar-refractivity contribution in [2.45, 2.75) is 37.4 Å². The van der Waals surface area contributed by atoms with Crippen LogP contribution in [-0.4, -0.2) is 54.2 Å². The average Bonchev–Trinajstić information content (AvgIpc) is 2.53. The molecule has 4 nitrogen and oxygen atoms in total. The molecular formula is C18H24BrF3N2O2. The standard InChI is InChI=1S/C18H24BrF3N2O2/c1-17(2,3)26-16(25)24-10-8-23(9-11-24)12-15(19)13-4-6-14(7-5-13)18(20,21)22/h4-7,15H,8-12H2,1-3H3. The molecule has 1 unspecified atom stereocenters. The third-order valence-electron chi connectivity index (χ3n) is 4.04. The smallest absolute Gasteiger partial charge is 0.416 e. The average molecular weight is 437 g/mol. The Morgan fingerprint density at radius 2 is 1.65 bits per heavy atom. The van der Waals surface area contributed by atoms with Gasteiger partial charge in [-0.1, -0.05) is 28.1 Å². The molecule has 1 aromatic rings. The fourth-order valence-electron chi connectivity index (χ4n) is 2.65. The maximum atomic E-state index is 12.6. The Bertz CT molecular complexity index is 606. The molecule has 1 saturated heterocycles. The Morgan fingerprint density at radius 3 is 2.12 bits per heavy atom. The molecule has 26 heavy (non-hydrogen) atoms. The van der Waals surface area contributed by atoms with Gasteiger partial charge in [0.2, 0.25) is 0 Å². The van der Waals surface area contributed by atoms with Crippen LogP contribution in [-0.2, 0) is 10.9 Å². The Morgan fingerprint density at radius 1 is 1.12 bits per heavy atom. The topological polar surface area (TPSA) is 32.8 Å². The molecule has 2 rings (SSSR count). The van der Waals surface area contributed by atoms with Crippen LogP contribution in [0.1, 0.15) is 36.7 Å². The van der Waals surface area contributed by atoms with Gasteiger partial charge in [-0.25, -0.2) is 4.79 Å². The van der Waals surface area contributed by atoms with Crippen molar-refractivity contribution in [3.05, 3.63) is 35.4 Å². The van der Waals surface area contributed by atoms with Crippen LogP contribution in [0.5, 0.6) is 0 Å². The number of ether oxygens (including phenoxy) is 1. The van der Waals surface area contributed by atoms with Gasteiger partial charge in [0.05, 0.1) is 10.4 Å². The van der Waals surface area contributed by atoms with Crippen LogP contribution in [0.3, 0.4) is 0 Å². The minimum atomic E-state index is -4.32. The first-order valence-electron chi connectivity index (χ1n) is 8.47. The van der Waals surface area contributed by atoms with E-state index in [2.05, 4.69) is 20.8 Å². The number of hydrogen-bond donors (Lipinski definition) is 0. The van der Waals surface area contributed by atoms with Gasteiger partial charge in [-0.15, -0.1) is 0 Å². The number of hydrogen-bond acceptors (Lipinski definition) is 3. The highest BCUT2D eigenvalue weighted by Gasteiger charge is 2.30. The number of piperazine rings is 1. The van der Waals surface area contributed by atoms with E-state index in [0.29, 0.717) is 32.7 Å². The van der Waals surface area contributed by atoms with Crippen molar-refractivity contribution in [2.24, 2.45) is 0 Å². The largest absolute Gasteiger partial charge is 0.444 e. The molecule has 1 heterocycles. The zero-order valence-corrected chi connectivity index (χ0v) is 16.7. The molecule has 146 valence electrons. The first-order chi connectivity index (χ1) is 12.0. The number of benzene rings is 1. The van der Waals surface area contributed by atoms with Gasteiger partial charge in [-0.3, -0.25) is 4.90 Å². The zero-order valence-electron chi connectivity index (χ0n) is 15.1. The molecule has 1 aromatic carbocycles.